The second kappa shape index (κ2) is 5.29. The third-order valence-electron chi connectivity index (χ3n) is 2.09. The zero-order valence-corrected chi connectivity index (χ0v) is 11.1. The van der Waals surface area contributed by atoms with Crippen molar-refractivity contribution in [3.63, 3.8) is 0 Å². The molecule has 1 aromatic carbocycles. The predicted octanol–water partition coefficient (Wildman–Crippen LogP) is 3.53. The SMILES string of the molecule is NC(=Nc1ccc(Br)cn1)c1ccc(Cl)cc1. The second-order valence-electron chi connectivity index (χ2n) is 3.34. The van der Waals surface area contributed by atoms with Gasteiger partial charge in [-0.25, -0.2) is 9.98 Å². The number of aromatic nitrogens is 1. The Morgan fingerprint density at radius 3 is 2.47 bits per heavy atom. The molecule has 3 nitrogen and oxygen atoms in total. The molecule has 5 heteroatoms. The van der Waals surface area contributed by atoms with Crippen LogP contribution in [0.5, 0.6) is 0 Å². The van der Waals surface area contributed by atoms with Crippen molar-refractivity contribution in [2.24, 2.45) is 10.7 Å². The van der Waals surface area contributed by atoms with Gasteiger partial charge < -0.3 is 5.73 Å². The summed E-state index contributed by atoms with van der Waals surface area (Å²) in [5.41, 5.74) is 6.69. The summed E-state index contributed by atoms with van der Waals surface area (Å²) in [7, 11) is 0. The van der Waals surface area contributed by atoms with Crippen LogP contribution < -0.4 is 5.73 Å². The highest BCUT2D eigenvalue weighted by Gasteiger charge is 1.99. The fourth-order valence-electron chi connectivity index (χ4n) is 1.24. The number of hydrogen-bond acceptors (Lipinski definition) is 2. The summed E-state index contributed by atoms with van der Waals surface area (Å²) in [4.78, 5) is 8.34. The van der Waals surface area contributed by atoms with Gasteiger partial charge >= 0.3 is 0 Å². The zero-order valence-electron chi connectivity index (χ0n) is 8.77. The lowest BCUT2D eigenvalue weighted by Gasteiger charge is -2.00. The number of amidine groups is 1. The summed E-state index contributed by atoms with van der Waals surface area (Å²) in [5.74, 6) is 0.983. The fraction of sp³-hybridized carbons (Fsp3) is 0. The molecule has 86 valence electrons. The van der Waals surface area contributed by atoms with Crippen molar-refractivity contribution in [2.75, 3.05) is 0 Å². The Hall–Kier alpha value is -1.39. The van der Waals surface area contributed by atoms with Crippen molar-refractivity contribution in [3.8, 4) is 0 Å². The van der Waals surface area contributed by atoms with Crippen LogP contribution in [0, 0.1) is 0 Å². The Morgan fingerprint density at radius 1 is 1.18 bits per heavy atom. The Balaban J connectivity index is 2.27. The maximum atomic E-state index is 5.87. The number of rotatable bonds is 2. The van der Waals surface area contributed by atoms with Crippen molar-refractivity contribution in [1.29, 1.82) is 0 Å². The van der Waals surface area contributed by atoms with Crippen LogP contribution in [0.3, 0.4) is 0 Å². The third-order valence-corrected chi connectivity index (χ3v) is 2.81. The van der Waals surface area contributed by atoms with E-state index in [1.165, 1.54) is 0 Å². The minimum Gasteiger partial charge on any atom is -0.383 e. The smallest absolute Gasteiger partial charge is 0.154 e. The molecule has 0 saturated carbocycles. The molecule has 0 spiro atoms. The predicted molar refractivity (Wildman–Crippen MR) is 73.8 cm³/mol. The summed E-state index contributed by atoms with van der Waals surface area (Å²) in [5, 5.41) is 0.670. The molecule has 2 aromatic rings. The maximum Gasteiger partial charge on any atom is 0.154 e. The van der Waals surface area contributed by atoms with E-state index in [0.29, 0.717) is 16.7 Å². The molecule has 0 unspecified atom stereocenters. The number of benzene rings is 1. The Labute approximate surface area is 112 Å². The van der Waals surface area contributed by atoms with Crippen molar-refractivity contribution in [2.45, 2.75) is 0 Å². The first-order valence-electron chi connectivity index (χ1n) is 4.87. The monoisotopic (exact) mass is 309 g/mol. The molecule has 1 heterocycles. The van der Waals surface area contributed by atoms with Gasteiger partial charge in [-0.2, -0.15) is 0 Å². The van der Waals surface area contributed by atoms with Crippen LogP contribution in [0.25, 0.3) is 0 Å². The van der Waals surface area contributed by atoms with Crippen molar-refractivity contribution in [3.05, 3.63) is 57.7 Å². The van der Waals surface area contributed by atoms with Gasteiger partial charge in [0, 0.05) is 21.3 Å². The summed E-state index contributed by atoms with van der Waals surface area (Å²) >= 11 is 9.10. The number of nitrogens with two attached hydrogens (primary N) is 1. The van der Waals surface area contributed by atoms with E-state index in [1.54, 1.807) is 24.4 Å². The van der Waals surface area contributed by atoms with Crippen LogP contribution in [-0.4, -0.2) is 10.8 Å². The van der Waals surface area contributed by atoms with Gasteiger partial charge in [0.05, 0.1) is 0 Å². The molecule has 17 heavy (non-hydrogen) atoms. The van der Waals surface area contributed by atoms with Crippen LogP contribution in [0.2, 0.25) is 5.02 Å². The highest BCUT2D eigenvalue weighted by molar-refractivity contribution is 9.10. The minimum atomic E-state index is 0.413. The van der Waals surface area contributed by atoms with E-state index in [4.69, 9.17) is 17.3 Å². The van der Waals surface area contributed by atoms with E-state index in [0.717, 1.165) is 10.0 Å². The second-order valence-corrected chi connectivity index (χ2v) is 4.69. The highest BCUT2D eigenvalue weighted by Crippen LogP contribution is 2.14. The lowest BCUT2D eigenvalue weighted by Crippen LogP contribution is -2.12. The average Bonchev–Trinajstić information content (AvgIpc) is 2.33. The Kier molecular flexibility index (Phi) is 3.76. The molecule has 0 atom stereocenters. The van der Waals surface area contributed by atoms with Gasteiger partial charge in [-0.15, -0.1) is 0 Å². The maximum absolute atomic E-state index is 5.87. The molecule has 0 aliphatic rings. The average molecular weight is 311 g/mol. The van der Waals surface area contributed by atoms with Crippen LogP contribution in [0.4, 0.5) is 5.82 Å². The first kappa shape index (κ1) is 12.1. The molecule has 0 amide bonds. The summed E-state index contributed by atoms with van der Waals surface area (Å²) in [6.45, 7) is 0. The molecule has 0 radical (unpaired) electrons. The van der Waals surface area contributed by atoms with E-state index >= 15 is 0 Å². The van der Waals surface area contributed by atoms with Gasteiger partial charge in [-0.05, 0) is 52.3 Å². The van der Waals surface area contributed by atoms with E-state index in [2.05, 4.69) is 25.9 Å². The number of halogens is 2. The molecule has 0 saturated heterocycles. The number of hydrogen-bond donors (Lipinski definition) is 1. The van der Waals surface area contributed by atoms with Crippen LogP contribution in [0.15, 0.2) is 52.1 Å². The van der Waals surface area contributed by atoms with Crippen molar-refractivity contribution < 1.29 is 0 Å². The number of pyridine rings is 1. The first-order chi connectivity index (χ1) is 8.15. The largest absolute Gasteiger partial charge is 0.383 e. The molecule has 2 rings (SSSR count). The fourth-order valence-corrected chi connectivity index (χ4v) is 1.60. The first-order valence-corrected chi connectivity index (χ1v) is 6.04. The van der Waals surface area contributed by atoms with Crippen molar-refractivity contribution in [1.82, 2.24) is 4.98 Å². The minimum absolute atomic E-state index is 0.413. The molecule has 0 aliphatic carbocycles. The standard InChI is InChI=1S/C12H9BrClN3/c13-9-3-6-11(16-7-9)17-12(15)8-1-4-10(14)5-2-8/h1-7H,(H2,15,16,17). The summed E-state index contributed by atoms with van der Waals surface area (Å²) < 4.78 is 0.904. The van der Waals surface area contributed by atoms with Crippen LogP contribution in [-0.2, 0) is 0 Å². The summed E-state index contributed by atoms with van der Waals surface area (Å²) in [6, 6.07) is 10.8. The van der Waals surface area contributed by atoms with E-state index in [-0.39, 0.29) is 0 Å². The van der Waals surface area contributed by atoms with E-state index < -0.39 is 0 Å². The topological polar surface area (TPSA) is 51.3 Å². The molecule has 2 N–H and O–H groups in total. The van der Waals surface area contributed by atoms with Gasteiger partial charge in [0.25, 0.3) is 0 Å². The van der Waals surface area contributed by atoms with E-state index in [1.807, 2.05) is 18.2 Å². The third kappa shape index (κ3) is 3.28. The Bertz CT molecular complexity index is 535. The van der Waals surface area contributed by atoms with Crippen LogP contribution >= 0.6 is 27.5 Å². The molecular weight excluding hydrogens is 302 g/mol. The lowest BCUT2D eigenvalue weighted by molar-refractivity contribution is 1.25. The molecular formula is C12H9BrClN3. The highest BCUT2D eigenvalue weighted by atomic mass is 79.9. The van der Waals surface area contributed by atoms with Gasteiger partial charge in [0.15, 0.2) is 5.82 Å². The quantitative estimate of drug-likeness (QED) is 0.681. The number of aliphatic imine (C=N–C) groups is 1. The van der Waals surface area contributed by atoms with Gasteiger partial charge in [-0.3, -0.25) is 0 Å². The van der Waals surface area contributed by atoms with Gasteiger partial charge in [0.2, 0.25) is 0 Å². The van der Waals surface area contributed by atoms with Crippen molar-refractivity contribution >= 4 is 39.2 Å². The molecule has 0 bridgehead atoms. The lowest BCUT2D eigenvalue weighted by atomic mass is 10.2. The van der Waals surface area contributed by atoms with Gasteiger partial charge in [-0.1, -0.05) is 11.6 Å². The number of nitrogens with zero attached hydrogens (tertiary/aromatic N) is 2. The Morgan fingerprint density at radius 2 is 1.88 bits per heavy atom. The molecule has 0 aliphatic heterocycles. The van der Waals surface area contributed by atoms with Crippen LogP contribution in [0.1, 0.15) is 5.56 Å². The zero-order chi connectivity index (χ0) is 12.3. The molecule has 1 aromatic heterocycles. The molecule has 0 fully saturated rings. The van der Waals surface area contributed by atoms with Gasteiger partial charge in [0.1, 0.15) is 5.84 Å². The summed E-state index contributed by atoms with van der Waals surface area (Å²) in [6.07, 6.45) is 1.67. The van der Waals surface area contributed by atoms with E-state index in [9.17, 15) is 0 Å². The normalized spacial score (nSPS) is 11.5.